The van der Waals surface area contributed by atoms with E-state index in [4.69, 9.17) is 10.8 Å². The fourth-order valence-electron chi connectivity index (χ4n) is 2.92. The van der Waals surface area contributed by atoms with Crippen LogP contribution in [0.5, 0.6) is 0 Å². The molecular weight excluding hydrogens is 258 g/mol. The molecular formula is C18H21N3. The van der Waals surface area contributed by atoms with Crippen molar-refractivity contribution in [1.82, 2.24) is 0 Å². The van der Waals surface area contributed by atoms with E-state index in [1.807, 2.05) is 6.07 Å². The fraction of sp³-hybridized carbons (Fsp3) is 0.278. The van der Waals surface area contributed by atoms with Gasteiger partial charge in [-0.2, -0.15) is 5.10 Å². The van der Waals surface area contributed by atoms with Gasteiger partial charge >= 0.3 is 0 Å². The maximum absolute atomic E-state index is 5.82. The summed E-state index contributed by atoms with van der Waals surface area (Å²) >= 11 is 0. The van der Waals surface area contributed by atoms with Crippen LogP contribution in [-0.2, 0) is 0 Å². The Hall–Kier alpha value is -2.13. The van der Waals surface area contributed by atoms with Gasteiger partial charge in [-0.25, -0.2) is 0 Å². The molecule has 1 heterocycles. The van der Waals surface area contributed by atoms with Gasteiger partial charge in [0.05, 0.1) is 17.4 Å². The van der Waals surface area contributed by atoms with Gasteiger partial charge in [0, 0.05) is 13.0 Å². The Morgan fingerprint density at radius 2 is 1.90 bits per heavy atom. The molecule has 1 aliphatic rings. The number of hydrogen-bond acceptors (Lipinski definition) is 3. The highest BCUT2D eigenvalue weighted by Crippen LogP contribution is 2.36. The molecule has 1 aliphatic heterocycles. The quantitative estimate of drug-likeness (QED) is 0.933. The summed E-state index contributed by atoms with van der Waals surface area (Å²) in [7, 11) is 0. The number of benzene rings is 2. The first kappa shape index (κ1) is 13.8. The van der Waals surface area contributed by atoms with Crippen LogP contribution in [0.1, 0.15) is 29.2 Å². The first-order chi connectivity index (χ1) is 10.2. The van der Waals surface area contributed by atoms with Gasteiger partial charge in [-0.1, -0.05) is 48.0 Å². The maximum atomic E-state index is 5.82. The first-order valence-electron chi connectivity index (χ1n) is 7.37. The van der Waals surface area contributed by atoms with Crippen LogP contribution in [0, 0.1) is 13.8 Å². The molecule has 3 nitrogen and oxygen atoms in total. The van der Waals surface area contributed by atoms with Gasteiger partial charge in [-0.3, -0.25) is 5.01 Å². The molecule has 2 aromatic rings. The van der Waals surface area contributed by atoms with Crippen molar-refractivity contribution in [2.45, 2.75) is 26.3 Å². The van der Waals surface area contributed by atoms with Crippen LogP contribution in [-0.4, -0.2) is 12.3 Å². The van der Waals surface area contributed by atoms with Crippen LogP contribution in [0.25, 0.3) is 0 Å². The van der Waals surface area contributed by atoms with E-state index in [-0.39, 0.29) is 6.04 Å². The molecule has 2 aromatic carbocycles. The van der Waals surface area contributed by atoms with E-state index in [0.717, 1.165) is 17.8 Å². The van der Waals surface area contributed by atoms with Gasteiger partial charge < -0.3 is 5.73 Å². The highest BCUT2D eigenvalue weighted by molar-refractivity contribution is 5.90. The summed E-state index contributed by atoms with van der Waals surface area (Å²) in [6.07, 6.45) is 0.897. The normalized spacial score (nSPS) is 18.0. The second-order valence-electron chi connectivity index (χ2n) is 5.64. The van der Waals surface area contributed by atoms with Gasteiger partial charge in [0.2, 0.25) is 0 Å². The zero-order chi connectivity index (χ0) is 14.8. The first-order valence-corrected chi connectivity index (χ1v) is 7.37. The second kappa shape index (κ2) is 5.70. The van der Waals surface area contributed by atoms with E-state index >= 15 is 0 Å². The Balaban J connectivity index is 2.02. The van der Waals surface area contributed by atoms with Gasteiger partial charge in [-0.15, -0.1) is 0 Å². The van der Waals surface area contributed by atoms with Crippen molar-refractivity contribution in [2.24, 2.45) is 10.8 Å². The molecule has 0 saturated carbocycles. The predicted octanol–water partition coefficient (Wildman–Crippen LogP) is 3.57. The number of hydrogen-bond donors (Lipinski definition) is 1. The van der Waals surface area contributed by atoms with Crippen LogP contribution in [0.4, 0.5) is 5.69 Å². The molecule has 0 aromatic heterocycles. The molecule has 2 N–H and O–H groups in total. The van der Waals surface area contributed by atoms with Crippen LogP contribution in [0.2, 0.25) is 0 Å². The largest absolute Gasteiger partial charge is 0.325 e. The van der Waals surface area contributed by atoms with E-state index in [9.17, 15) is 0 Å². The minimum absolute atomic E-state index is 0.242. The number of hydrazone groups is 1. The van der Waals surface area contributed by atoms with Crippen LogP contribution in [0.15, 0.2) is 53.6 Å². The molecule has 0 radical (unpaired) electrons. The highest BCUT2D eigenvalue weighted by atomic mass is 15.5. The van der Waals surface area contributed by atoms with Crippen molar-refractivity contribution < 1.29 is 0 Å². The van der Waals surface area contributed by atoms with E-state index in [2.05, 4.69) is 61.3 Å². The number of aryl methyl sites for hydroxylation is 2. The third-order valence-corrected chi connectivity index (χ3v) is 3.99. The number of anilines is 1. The number of nitrogens with two attached hydrogens (primary N) is 1. The molecule has 108 valence electrons. The molecule has 3 rings (SSSR count). The topological polar surface area (TPSA) is 41.6 Å². The lowest BCUT2D eigenvalue weighted by Gasteiger charge is -2.25. The van der Waals surface area contributed by atoms with Crippen LogP contribution >= 0.6 is 0 Å². The average Bonchev–Trinajstić information content (AvgIpc) is 2.92. The van der Waals surface area contributed by atoms with E-state index in [1.165, 1.54) is 16.7 Å². The number of rotatable bonds is 3. The standard InChI is InChI=1S/C18H21N3/c1-13-8-9-17(14(2)10-13)21-18(11-16(12-19)20-21)15-6-4-3-5-7-15/h3-10,18H,11-12,19H2,1-2H3. The zero-order valence-corrected chi connectivity index (χ0v) is 12.6. The van der Waals surface area contributed by atoms with E-state index in [0.29, 0.717) is 6.54 Å². The molecule has 0 fully saturated rings. The van der Waals surface area contributed by atoms with Crippen molar-refractivity contribution in [2.75, 3.05) is 11.6 Å². The average molecular weight is 279 g/mol. The highest BCUT2D eigenvalue weighted by Gasteiger charge is 2.29. The zero-order valence-electron chi connectivity index (χ0n) is 12.6. The summed E-state index contributed by atoms with van der Waals surface area (Å²) in [6.45, 7) is 4.77. The smallest absolute Gasteiger partial charge is 0.0828 e. The minimum atomic E-state index is 0.242. The third kappa shape index (κ3) is 2.69. The van der Waals surface area contributed by atoms with Gasteiger partial charge in [0.15, 0.2) is 0 Å². The Labute approximate surface area is 126 Å². The molecule has 3 heteroatoms. The molecule has 21 heavy (non-hydrogen) atoms. The summed E-state index contributed by atoms with van der Waals surface area (Å²) in [5, 5.41) is 6.88. The number of nitrogens with zero attached hydrogens (tertiary/aromatic N) is 2. The SMILES string of the molecule is Cc1ccc(N2N=C(CN)CC2c2ccccc2)c(C)c1. The van der Waals surface area contributed by atoms with Crippen LogP contribution in [0.3, 0.4) is 0 Å². The molecule has 0 bridgehead atoms. The lowest BCUT2D eigenvalue weighted by atomic mass is 10.0. The Morgan fingerprint density at radius 1 is 1.14 bits per heavy atom. The fourth-order valence-corrected chi connectivity index (χ4v) is 2.92. The maximum Gasteiger partial charge on any atom is 0.0828 e. The van der Waals surface area contributed by atoms with Crippen LogP contribution < -0.4 is 10.7 Å². The summed E-state index contributed by atoms with van der Waals surface area (Å²) in [5.41, 5.74) is 11.8. The molecule has 1 atom stereocenters. The van der Waals surface area contributed by atoms with Crippen molar-refractivity contribution in [3.63, 3.8) is 0 Å². The second-order valence-corrected chi connectivity index (χ2v) is 5.64. The van der Waals surface area contributed by atoms with Crippen molar-refractivity contribution in [3.05, 3.63) is 65.2 Å². The Bertz CT molecular complexity index is 661. The minimum Gasteiger partial charge on any atom is -0.325 e. The monoisotopic (exact) mass is 279 g/mol. The van der Waals surface area contributed by atoms with Gasteiger partial charge in [0.1, 0.15) is 0 Å². The molecule has 0 aliphatic carbocycles. The molecule has 1 unspecified atom stereocenters. The van der Waals surface area contributed by atoms with E-state index in [1.54, 1.807) is 0 Å². The third-order valence-electron chi connectivity index (χ3n) is 3.99. The van der Waals surface area contributed by atoms with Gasteiger partial charge in [0.25, 0.3) is 0 Å². The Kier molecular flexibility index (Phi) is 3.76. The van der Waals surface area contributed by atoms with E-state index < -0.39 is 0 Å². The molecule has 0 saturated heterocycles. The molecule has 0 spiro atoms. The summed E-state index contributed by atoms with van der Waals surface area (Å²) < 4.78 is 0. The van der Waals surface area contributed by atoms with Crippen molar-refractivity contribution in [1.29, 1.82) is 0 Å². The summed E-state index contributed by atoms with van der Waals surface area (Å²) in [4.78, 5) is 0. The summed E-state index contributed by atoms with van der Waals surface area (Å²) in [6, 6.07) is 17.3. The predicted molar refractivity (Wildman–Crippen MR) is 88.7 cm³/mol. The molecule has 0 amide bonds. The lowest BCUT2D eigenvalue weighted by molar-refractivity contribution is 0.706. The summed E-state index contributed by atoms with van der Waals surface area (Å²) in [5.74, 6) is 0. The van der Waals surface area contributed by atoms with Gasteiger partial charge in [-0.05, 0) is 31.0 Å². The van der Waals surface area contributed by atoms with Crippen molar-refractivity contribution >= 4 is 11.4 Å². The van der Waals surface area contributed by atoms with Crippen molar-refractivity contribution in [3.8, 4) is 0 Å². The Morgan fingerprint density at radius 3 is 2.57 bits per heavy atom. The lowest BCUT2D eigenvalue weighted by Crippen LogP contribution is -2.19.